The molecule has 1 heterocycles. The molecule has 0 amide bonds. The molecule has 3 nitrogen and oxygen atoms in total. The van der Waals surface area contributed by atoms with E-state index >= 15 is 0 Å². The summed E-state index contributed by atoms with van der Waals surface area (Å²) in [5, 5.41) is 0. The number of aromatic nitrogens is 2. The minimum Gasteiger partial charge on any atom is -0.326 e. The molecule has 0 aliphatic carbocycles. The Kier molecular flexibility index (Phi) is 2.64. The second kappa shape index (κ2) is 3.94. The number of hydrogen-bond acceptors (Lipinski definition) is 2. The molecule has 1 N–H and O–H groups in total. The van der Waals surface area contributed by atoms with Crippen LogP contribution in [0.2, 0.25) is 0 Å². The summed E-state index contributed by atoms with van der Waals surface area (Å²) in [4.78, 5) is 17.6. The molecule has 0 fully saturated rings. The SMILES string of the molecule is O=c1[nH]ccnc1-c1ccc(Br)cc1F. The van der Waals surface area contributed by atoms with Crippen LogP contribution in [0.25, 0.3) is 11.3 Å². The average Bonchev–Trinajstić information content (AvgIpc) is 2.20. The molecule has 0 saturated carbocycles. The van der Waals surface area contributed by atoms with Gasteiger partial charge in [0.25, 0.3) is 5.56 Å². The van der Waals surface area contributed by atoms with Gasteiger partial charge in [-0.15, -0.1) is 0 Å². The molecular weight excluding hydrogens is 263 g/mol. The molecule has 0 bridgehead atoms. The molecule has 2 aromatic rings. The maximum absolute atomic E-state index is 13.5. The van der Waals surface area contributed by atoms with Gasteiger partial charge in [-0.1, -0.05) is 15.9 Å². The van der Waals surface area contributed by atoms with Crippen molar-refractivity contribution in [2.24, 2.45) is 0 Å². The lowest BCUT2D eigenvalue weighted by molar-refractivity contribution is 0.629. The monoisotopic (exact) mass is 268 g/mol. The van der Waals surface area contributed by atoms with E-state index in [-0.39, 0.29) is 11.3 Å². The lowest BCUT2D eigenvalue weighted by atomic mass is 10.1. The molecule has 1 aromatic carbocycles. The van der Waals surface area contributed by atoms with Crippen molar-refractivity contribution in [2.75, 3.05) is 0 Å². The Bertz CT molecular complexity index is 553. The van der Waals surface area contributed by atoms with Crippen molar-refractivity contribution in [3.8, 4) is 11.3 Å². The minimum atomic E-state index is -0.478. The largest absolute Gasteiger partial charge is 0.326 e. The van der Waals surface area contributed by atoms with Crippen molar-refractivity contribution in [3.05, 3.63) is 51.2 Å². The number of aromatic amines is 1. The highest BCUT2D eigenvalue weighted by Gasteiger charge is 2.09. The zero-order chi connectivity index (χ0) is 10.8. The third kappa shape index (κ3) is 1.97. The van der Waals surface area contributed by atoms with Crippen molar-refractivity contribution in [3.63, 3.8) is 0 Å². The van der Waals surface area contributed by atoms with Crippen LogP contribution >= 0.6 is 15.9 Å². The maximum Gasteiger partial charge on any atom is 0.274 e. The van der Waals surface area contributed by atoms with E-state index in [0.29, 0.717) is 4.47 Å². The van der Waals surface area contributed by atoms with Crippen LogP contribution < -0.4 is 5.56 Å². The van der Waals surface area contributed by atoms with Crippen LogP contribution in [0.1, 0.15) is 0 Å². The first kappa shape index (κ1) is 10.0. The smallest absolute Gasteiger partial charge is 0.274 e. The van der Waals surface area contributed by atoms with Gasteiger partial charge < -0.3 is 4.98 Å². The van der Waals surface area contributed by atoms with Crippen molar-refractivity contribution in [2.45, 2.75) is 0 Å². The maximum atomic E-state index is 13.5. The first-order chi connectivity index (χ1) is 7.18. The lowest BCUT2D eigenvalue weighted by Crippen LogP contribution is -2.10. The highest BCUT2D eigenvalue weighted by atomic mass is 79.9. The molecule has 15 heavy (non-hydrogen) atoms. The van der Waals surface area contributed by atoms with E-state index in [1.54, 1.807) is 6.07 Å². The average molecular weight is 269 g/mol. The van der Waals surface area contributed by atoms with Crippen LogP contribution in [0.5, 0.6) is 0 Å². The van der Waals surface area contributed by atoms with Gasteiger partial charge in [0.2, 0.25) is 0 Å². The number of nitrogens with zero attached hydrogens (tertiary/aromatic N) is 1. The van der Waals surface area contributed by atoms with Gasteiger partial charge in [0.15, 0.2) is 0 Å². The van der Waals surface area contributed by atoms with E-state index in [0.717, 1.165) is 0 Å². The van der Waals surface area contributed by atoms with Crippen LogP contribution in [-0.4, -0.2) is 9.97 Å². The second-order valence-electron chi connectivity index (χ2n) is 2.89. The predicted molar refractivity (Wildman–Crippen MR) is 58.0 cm³/mol. The number of hydrogen-bond donors (Lipinski definition) is 1. The molecule has 0 aliphatic rings. The summed E-state index contributed by atoms with van der Waals surface area (Å²) in [6, 6.07) is 4.47. The number of nitrogens with one attached hydrogen (secondary N) is 1. The normalized spacial score (nSPS) is 10.3. The van der Waals surface area contributed by atoms with Gasteiger partial charge in [-0.3, -0.25) is 4.79 Å². The Balaban J connectivity index is 2.65. The van der Waals surface area contributed by atoms with Gasteiger partial charge in [-0.05, 0) is 18.2 Å². The molecule has 0 atom stereocenters. The Morgan fingerprint density at radius 1 is 1.40 bits per heavy atom. The van der Waals surface area contributed by atoms with E-state index in [2.05, 4.69) is 25.9 Å². The van der Waals surface area contributed by atoms with Crippen LogP contribution in [0.4, 0.5) is 4.39 Å². The summed E-state index contributed by atoms with van der Waals surface area (Å²) in [7, 11) is 0. The molecule has 1 aromatic heterocycles. The molecule has 0 spiro atoms. The Hall–Kier alpha value is -1.49. The molecule has 0 saturated heterocycles. The molecule has 5 heteroatoms. The fourth-order valence-electron chi connectivity index (χ4n) is 1.23. The Labute approximate surface area is 93.1 Å². The Morgan fingerprint density at radius 3 is 2.87 bits per heavy atom. The standard InChI is InChI=1S/C10H6BrFN2O/c11-6-1-2-7(8(12)5-6)9-10(15)14-4-3-13-9/h1-5H,(H,14,15). The van der Waals surface area contributed by atoms with Crippen LogP contribution in [0.3, 0.4) is 0 Å². The Morgan fingerprint density at radius 2 is 2.20 bits per heavy atom. The highest BCUT2D eigenvalue weighted by Crippen LogP contribution is 2.21. The van der Waals surface area contributed by atoms with Gasteiger partial charge in [0.05, 0.1) is 0 Å². The van der Waals surface area contributed by atoms with Crippen molar-refractivity contribution < 1.29 is 4.39 Å². The summed E-state index contributed by atoms with van der Waals surface area (Å²) < 4.78 is 14.1. The third-order valence-corrected chi connectivity index (χ3v) is 2.39. The summed E-state index contributed by atoms with van der Waals surface area (Å²) in [6.07, 6.45) is 2.82. The van der Waals surface area contributed by atoms with Gasteiger partial charge in [-0.2, -0.15) is 0 Å². The summed E-state index contributed by atoms with van der Waals surface area (Å²) in [6.45, 7) is 0. The summed E-state index contributed by atoms with van der Waals surface area (Å²) in [5.74, 6) is -0.478. The topological polar surface area (TPSA) is 45.8 Å². The predicted octanol–water partition coefficient (Wildman–Crippen LogP) is 2.34. The van der Waals surface area contributed by atoms with E-state index in [9.17, 15) is 9.18 Å². The first-order valence-corrected chi connectivity index (χ1v) is 4.97. The molecule has 0 radical (unpaired) electrons. The van der Waals surface area contributed by atoms with Crippen molar-refractivity contribution in [1.82, 2.24) is 9.97 Å². The fourth-order valence-corrected chi connectivity index (χ4v) is 1.56. The van der Waals surface area contributed by atoms with E-state index in [4.69, 9.17) is 0 Å². The van der Waals surface area contributed by atoms with Crippen LogP contribution in [0.15, 0.2) is 39.9 Å². The molecule has 0 aliphatic heterocycles. The van der Waals surface area contributed by atoms with Gasteiger partial charge in [0.1, 0.15) is 11.5 Å². The second-order valence-corrected chi connectivity index (χ2v) is 3.81. The van der Waals surface area contributed by atoms with E-state index < -0.39 is 11.4 Å². The number of H-pyrrole nitrogens is 1. The molecule has 0 unspecified atom stereocenters. The highest BCUT2D eigenvalue weighted by molar-refractivity contribution is 9.10. The van der Waals surface area contributed by atoms with Crippen molar-refractivity contribution in [1.29, 1.82) is 0 Å². The van der Waals surface area contributed by atoms with Crippen LogP contribution in [0, 0.1) is 5.82 Å². The molecule has 76 valence electrons. The van der Waals surface area contributed by atoms with E-state index in [1.807, 2.05) is 0 Å². The lowest BCUT2D eigenvalue weighted by Gasteiger charge is -2.01. The van der Waals surface area contributed by atoms with Gasteiger partial charge >= 0.3 is 0 Å². The van der Waals surface area contributed by atoms with Gasteiger partial charge in [0, 0.05) is 22.4 Å². The summed E-state index contributed by atoms with van der Waals surface area (Å²) in [5.41, 5.74) is -0.124. The van der Waals surface area contributed by atoms with Gasteiger partial charge in [-0.25, -0.2) is 9.37 Å². The zero-order valence-corrected chi connectivity index (χ0v) is 9.08. The molecule has 2 rings (SSSR count). The van der Waals surface area contributed by atoms with Crippen molar-refractivity contribution >= 4 is 15.9 Å². The number of benzene rings is 1. The molecular formula is C10H6BrFN2O. The first-order valence-electron chi connectivity index (χ1n) is 4.17. The summed E-state index contributed by atoms with van der Waals surface area (Å²) >= 11 is 3.14. The number of rotatable bonds is 1. The third-order valence-electron chi connectivity index (χ3n) is 1.89. The fraction of sp³-hybridized carbons (Fsp3) is 0. The van der Waals surface area contributed by atoms with E-state index in [1.165, 1.54) is 24.5 Å². The number of halogens is 2. The quantitative estimate of drug-likeness (QED) is 0.863. The minimum absolute atomic E-state index is 0.0856. The zero-order valence-electron chi connectivity index (χ0n) is 7.50. The van der Waals surface area contributed by atoms with Crippen LogP contribution in [-0.2, 0) is 0 Å².